The van der Waals surface area contributed by atoms with Crippen LogP contribution in [-0.4, -0.2) is 12.4 Å². The molecule has 0 nitrogen and oxygen atoms in total. The van der Waals surface area contributed by atoms with Crippen LogP contribution in [0.5, 0.6) is 0 Å². The van der Waals surface area contributed by atoms with Gasteiger partial charge in [0, 0.05) is 0 Å². The van der Waals surface area contributed by atoms with Crippen LogP contribution in [0, 0.1) is 5.92 Å². The van der Waals surface area contributed by atoms with Gasteiger partial charge in [0.25, 0.3) is 0 Å². The van der Waals surface area contributed by atoms with E-state index >= 15 is 0 Å². The summed E-state index contributed by atoms with van der Waals surface area (Å²) in [6, 6.07) is 0. The van der Waals surface area contributed by atoms with Gasteiger partial charge in [-0.2, -0.15) is 0 Å². The van der Waals surface area contributed by atoms with Crippen molar-refractivity contribution in [2.24, 2.45) is 5.92 Å². The molecular formula is C7H11B. The van der Waals surface area contributed by atoms with Crippen LogP contribution < -0.4 is 0 Å². The zero-order valence-corrected chi connectivity index (χ0v) is 5.52. The molecule has 1 heteroatoms. The molecule has 0 amide bonds. The molecule has 0 aromatic rings. The van der Waals surface area contributed by atoms with E-state index in [1.165, 1.54) is 6.42 Å². The molecule has 1 aliphatic heterocycles. The van der Waals surface area contributed by atoms with Crippen molar-refractivity contribution in [3.63, 3.8) is 0 Å². The summed E-state index contributed by atoms with van der Waals surface area (Å²) < 4.78 is 0. The van der Waals surface area contributed by atoms with Crippen LogP contribution in [0.2, 0.25) is 0 Å². The summed E-state index contributed by atoms with van der Waals surface area (Å²) in [7, 11) is 0. The Morgan fingerprint density at radius 3 is 2.62 bits per heavy atom. The Hall–Kier alpha value is -0.325. The van der Waals surface area contributed by atoms with Crippen LogP contribution in [0.25, 0.3) is 0 Å². The normalized spacial score (nSPS) is 16.6. The molecule has 0 atom stereocenters. The van der Waals surface area contributed by atoms with E-state index in [4.69, 9.17) is 0 Å². The first-order valence-electron chi connectivity index (χ1n) is 3.16. The van der Waals surface area contributed by atoms with E-state index in [0.717, 1.165) is 5.92 Å². The van der Waals surface area contributed by atoms with Crippen molar-refractivity contribution in [1.29, 1.82) is 0 Å². The second-order valence-corrected chi connectivity index (χ2v) is 2.53. The Balaban J connectivity index is 2.51. The van der Waals surface area contributed by atoms with Crippen LogP contribution in [0.4, 0.5) is 0 Å². The maximum atomic E-state index is 2.23. The van der Waals surface area contributed by atoms with Gasteiger partial charge >= 0.3 is 50.6 Å². The molecule has 0 fully saturated rings. The van der Waals surface area contributed by atoms with Crippen LogP contribution in [0.3, 0.4) is 0 Å². The standard InChI is InChI=1S/C7H11B/c1-6(2)7-4-3-5-8-7/h3,5-6H,4H2,1-2H3. The minimum atomic E-state index is 0.741. The second kappa shape index (κ2) is 2.30. The maximum absolute atomic E-state index is 2.23. The zero-order valence-electron chi connectivity index (χ0n) is 5.52. The van der Waals surface area contributed by atoms with Gasteiger partial charge in [0.1, 0.15) is 0 Å². The number of rotatable bonds is 1. The third kappa shape index (κ3) is 1.09. The fraction of sp³-hybridized carbons (Fsp3) is 0.571. The zero-order chi connectivity index (χ0) is 5.98. The summed E-state index contributed by atoms with van der Waals surface area (Å²) in [5.74, 6) is 2.88. The number of hydrogen-bond donors (Lipinski definition) is 0. The summed E-state index contributed by atoms with van der Waals surface area (Å²) in [5, 5.41) is 0. The van der Waals surface area contributed by atoms with Crippen LogP contribution >= 0.6 is 0 Å². The van der Waals surface area contributed by atoms with E-state index < -0.39 is 0 Å². The topological polar surface area (TPSA) is 0 Å². The van der Waals surface area contributed by atoms with Gasteiger partial charge in [0.05, 0.1) is 0 Å². The summed E-state index contributed by atoms with van der Waals surface area (Å²) in [6.45, 7) is 6.68. The van der Waals surface area contributed by atoms with Crippen molar-refractivity contribution in [2.75, 3.05) is 0 Å². The molecule has 0 spiro atoms. The van der Waals surface area contributed by atoms with Gasteiger partial charge in [-0.15, -0.1) is 0 Å². The van der Waals surface area contributed by atoms with Gasteiger partial charge in [-0.25, -0.2) is 0 Å². The molecule has 8 heavy (non-hydrogen) atoms. The van der Waals surface area contributed by atoms with Crippen LogP contribution in [0.15, 0.2) is 12.1 Å². The minimum absolute atomic E-state index is 0.741. The number of hydrogen-bond acceptors (Lipinski definition) is 0. The summed E-state index contributed by atoms with van der Waals surface area (Å²) in [5.41, 5.74) is 1.56. The molecule has 42 valence electrons. The molecule has 0 saturated heterocycles. The van der Waals surface area contributed by atoms with Crippen molar-refractivity contribution >= 4 is 12.4 Å². The molecule has 1 rings (SSSR count). The molecule has 0 unspecified atom stereocenters. The van der Waals surface area contributed by atoms with E-state index in [2.05, 4.69) is 32.8 Å². The summed E-state index contributed by atoms with van der Waals surface area (Å²) >= 11 is 0. The van der Waals surface area contributed by atoms with Crippen LogP contribution in [0.1, 0.15) is 20.3 Å². The monoisotopic (exact) mass is 106 g/mol. The molecule has 0 aromatic carbocycles. The molecule has 0 aromatic heterocycles. The van der Waals surface area contributed by atoms with Crippen molar-refractivity contribution in [2.45, 2.75) is 20.3 Å². The Morgan fingerprint density at radius 1 is 1.62 bits per heavy atom. The van der Waals surface area contributed by atoms with Crippen molar-refractivity contribution < 1.29 is 0 Å². The van der Waals surface area contributed by atoms with Gasteiger partial charge in [-0.3, -0.25) is 0 Å². The van der Waals surface area contributed by atoms with E-state index in [1.807, 2.05) is 0 Å². The van der Waals surface area contributed by atoms with Gasteiger partial charge in [-0.05, 0) is 0 Å². The van der Waals surface area contributed by atoms with Crippen molar-refractivity contribution in [3.05, 3.63) is 12.1 Å². The van der Waals surface area contributed by atoms with E-state index in [-0.39, 0.29) is 0 Å². The molecular weight excluding hydrogens is 94.9 g/mol. The Bertz CT molecular complexity index is 131. The average Bonchev–Trinajstić information content (AvgIpc) is 2.12. The van der Waals surface area contributed by atoms with Crippen LogP contribution in [-0.2, 0) is 0 Å². The molecule has 1 aliphatic rings. The molecule has 1 heterocycles. The first-order valence-corrected chi connectivity index (χ1v) is 3.16. The predicted molar refractivity (Wildman–Crippen MR) is 39.4 cm³/mol. The Morgan fingerprint density at radius 2 is 2.38 bits per heavy atom. The van der Waals surface area contributed by atoms with Gasteiger partial charge < -0.3 is 0 Å². The quantitative estimate of drug-likeness (QED) is 0.443. The second-order valence-electron chi connectivity index (χ2n) is 2.53. The average molecular weight is 106 g/mol. The Labute approximate surface area is 51.5 Å². The fourth-order valence-electron chi connectivity index (χ4n) is 0.892. The number of allylic oxidation sites excluding steroid dienone is 1. The van der Waals surface area contributed by atoms with Gasteiger partial charge in [0.15, 0.2) is 0 Å². The summed E-state index contributed by atoms with van der Waals surface area (Å²) in [4.78, 5) is 0. The summed E-state index contributed by atoms with van der Waals surface area (Å²) in [6.07, 6.45) is 3.38. The third-order valence-electron chi connectivity index (χ3n) is 1.54. The van der Waals surface area contributed by atoms with Gasteiger partial charge in [-0.1, -0.05) is 0 Å². The Kier molecular flexibility index (Phi) is 1.67. The first-order chi connectivity index (χ1) is 3.80. The third-order valence-corrected chi connectivity index (χ3v) is 1.54. The van der Waals surface area contributed by atoms with Crippen molar-refractivity contribution in [3.8, 4) is 0 Å². The van der Waals surface area contributed by atoms with E-state index in [9.17, 15) is 0 Å². The van der Waals surface area contributed by atoms with Crippen molar-refractivity contribution in [1.82, 2.24) is 0 Å². The van der Waals surface area contributed by atoms with E-state index in [1.54, 1.807) is 5.46 Å². The molecule has 0 N–H and O–H groups in total. The fourth-order valence-corrected chi connectivity index (χ4v) is 0.892. The molecule has 0 bridgehead atoms. The SMILES string of the molecule is CC(C)C1=BC=CC1. The van der Waals surface area contributed by atoms with Gasteiger partial charge in [0.2, 0.25) is 0 Å². The first kappa shape index (κ1) is 5.81. The van der Waals surface area contributed by atoms with E-state index in [0.29, 0.717) is 0 Å². The molecule has 0 radical (unpaired) electrons. The molecule has 0 aliphatic carbocycles. The molecule has 0 saturated carbocycles. The predicted octanol–water partition coefficient (Wildman–Crippen LogP) is 1.44.